The molecule has 3 aromatic carbocycles. The summed E-state index contributed by atoms with van der Waals surface area (Å²) in [6.45, 7) is 4.21. The number of anilines is 2. The average Bonchev–Trinajstić information content (AvgIpc) is 3.04. The van der Waals surface area contributed by atoms with Crippen LogP contribution in [-0.4, -0.2) is 10.8 Å². The van der Waals surface area contributed by atoms with Crippen LogP contribution in [-0.2, 0) is 0 Å². The van der Waals surface area contributed by atoms with Gasteiger partial charge in [0.25, 0.3) is 0 Å². The molecule has 0 amide bonds. The van der Waals surface area contributed by atoms with Gasteiger partial charge in [0.1, 0.15) is 0 Å². The maximum Gasteiger partial charge on any atom is 0.0652 e. The van der Waals surface area contributed by atoms with Gasteiger partial charge in [-0.15, -0.1) is 0 Å². The summed E-state index contributed by atoms with van der Waals surface area (Å²) >= 11 is 6.05. The predicted octanol–water partition coefficient (Wildman–Crippen LogP) is 6.92. The van der Waals surface area contributed by atoms with Gasteiger partial charge in [-0.3, -0.25) is 0 Å². The van der Waals surface area contributed by atoms with E-state index in [0.29, 0.717) is 0 Å². The lowest BCUT2D eigenvalue weighted by atomic mass is 10.2. The monoisotopic (exact) mass is 399 g/mol. The van der Waals surface area contributed by atoms with Gasteiger partial charge in [0.15, 0.2) is 0 Å². The van der Waals surface area contributed by atoms with Crippen LogP contribution in [0.15, 0.2) is 96.1 Å². The van der Waals surface area contributed by atoms with Crippen molar-refractivity contribution in [2.45, 2.75) is 13.8 Å². The number of nitrogens with zero attached hydrogens (tertiary/aromatic N) is 3. The lowest BCUT2D eigenvalue weighted by Crippen LogP contribution is -2.09. The first-order valence-electron chi connectivity index (χ1n) is 9.52. The topological polar surface area (TPSA) is 20.5 Å². The van der Waals surface area contributed by atoms with Crippen LogP contribution in [0.25, 0.3) is 5.69 Å². The second-order valence-electron chi connectivity index (χ2n) is 6.87. The molecule has 1 aromatic heterocycles. The summed E-state index contributed by atoms with van der Waals surface area (Å²) in [4.78, 5) is 0. The number of hydrogen-bond acceptors (Lipinski definition) is 2. The normalized spacial score (nSPS) is 11.1. The molecule has 0 spiro atoms. The molecule has 0 bridgehead atoms. The van der Waals surface area contributed by atoms with Crippen molar-refractivity contribution in [3.05, 3.63) is 113 Å². The van der Waals surface area contributed by atoms with Crippen molar-refractivity contribution < 1.29 is 0 Å². The fraction of sp³-hybridized carbons (Fsp3) is 0.0800. The first-order valence-corrected chi connectivity index (χ1v) is 9.90. The first-order chi connectivity index (χ1) is 14.1. The zero-order valence-corrected chi connectivity index (χ0v) is 17.2. The van der Waals surface area contributed by atoms with Crippen LogP contribution >= 0.6 is 11.6 Å². The maximum absolute atomic E-state index is 6.05. The van der Waals surface area contributed by atoms with E-state index in [1.807, 2.05) is 71.9 Å². The number of halogens is 1. The molecule has 0 unspecified atom stereocenters. The number of benzene rings is 3. The summed E-state index contributed by atoms with van der Waals surface area (Å²) in [5, 5.41) is 7.52. The van der Waals surface area contributed by atoms with E-state index in [1.165, 1.54) is 0 Å². The number of aromatic nitrogens is 1. The third-order valence-corrected chi connectivity index (χ3v) is 5.12. The summed E-state index contributed by atoms with van der Waals surface area (Å²) in [6.07, 6.45) is 1.93. The zero-order valence-electron chi connectivity index (χ0n) is 16.5. The maximum atomic E-state index is 6.05. The standard InChI is InChI=1S/C25H22ClN3/c1-19-17-21(20(2)28(19)23-15-13-22(26)14-16-23)18-27-29(24-9-5-3-6-10-24)25-11-7-4-8-12-25/h3-18H,1-2H3/b27-18-. The van der Waals surface area contributed by atoms with Crippen LogP contribution < -0.4 is 5.01 Å². The van der Waals surface area contributed by atoms with E-state index in [0.717, 1.165) is 39.0 Å². The molecule has 3 nitrogen and oxygen atoms in total. The first kappa shape index (κ1) is 19.0. The van der Waals surface area contributed by atoms with Gasteiger partial charge in [-0.1, -0.05) is 48.0 Å². The fourth-order valence-corrected chi connectivity index (χ4v) is 3.57. The third-order valence-electron chi connectivity index (χ3n) is 4.87. The number of para-hydroxylation sites is 2. The van der Waals surface area contributed by atoms with Crippen LogP contribution in [0.2, 0.25) is 5.02 Å². The van der Waals surface area contributed by atoms with Crippen molar-refractivity contribution in [1.82, 2.24) is 4.57 Å². The molecule has 0 aliphatic carbocycles. The Hall–Kier alpha value is -3.30. The lowest BCUT2D eigenvalue weighted by molar-refractivity contribution is 0.964. The summed E-state index contributed by atoms with van der Waals surface area (Å²) < 4.78 is 2.22. The van der Waals surface area contributed by atoms with E-state index >= 15 is 0 Å². The Balaban J connectivity index is 1.72. The summed E-state index contributed by atoms with van der Waals surface area (Å²) in [5.74, 6) is 0. The molecular weight excluding hydrogens is 378 g/mol. The summed E-state index contributed by atoms with van der Waals surface area (Å²) in [5.41, 5.74) is 6.48. The Labute approximate surface area is 176 Å². The minimum Gasteiger partial charge on any atom is -0.318 e. The van der Waals surface area contributed by atoms with Gasteiger partial charge in [-0.2, -0.15) is 5.10 Å². The SMILES string of the molecule is Cc1cc(/C=N\N(c2ccccc2)c2ccccc2)c(C)n1-c1ccc(Cl)cc1. The molecule has 0 aliphatic heterocycles. The molecule has 144 valence electrons. The Morgan fingerprint density at radius 3 is 1.90 bits per heavy atom. The van der Waals surface area contributed by atoms with E-state index in [9.17, 15) is 0 Å². The molecule has 4 rings (SSSR count). The van der Waals surface area contributed by atoms with Crippen molar-refractivity contribution in [3.8, 4) is 5.69 Å². The molecule has 4 heteroatoms. The fourth-order valence-electron chi connectivity index (χ4n) is 3.45. The highest BCUT2D eigenvalue weighted by atomic mass is 35.5. The van der Waals surface area contributed by atoms with Gasteiger partial charge in [-0.25, -0.2) is 5.01 Å². The minimum absolute atomic E-state index is 0.736. The summed E-state index contributed by atoms with van der Waals surface area (Å²) in [6, 6.07) is 30.4. The molecule has 0 radical (unpaired) electrons. The Kier molecular flexibility index (Phi) is 5.50. The molecule has 4 aromatic rings. The Morgan fingerprint density at radius 1 is 0.793 bits per heavy atom. The highest BCUT2D eigenvalue weighted by Gasteiger charge is 2.11. The average molecular weight is 400 g/mol. The van der Waals surface area contributed by atoms with Crippen molar-refractivity contribution in [2.24, 2.45) is 5.10 Å². The van der Waals surface area contributed by atoms with Gasteiger partial charge in [-0.05, 0) is 68.4 Å². The minimum atomic E-state index is 0.736. The molecule has 0 saturated carbocycles. The van der Waals surface area contributed by atoms with Gasteiger partial charge >= 0.3 is 0 Å². The van der Waals surface area contributed by atoms with E-state index in [4.69, 9.17) is 16.7 Å². The highest BCUT2D eigenvalue weighted by molar-refractivity contribution is 6.30. The second-order valence-corrected chi connectivity index (χ2v) is 7.30. The smallest absolute Gasteiger partial charge is 0.0652 e. The molecular formula is C25H22ClN3. The summed E-state index contributed by atoms with van der Waals surface area (Å²) in [7, 11) is 0. The number of hydrogen-bond donors (Lipinski definition) is 0. The molecule has 1 heterocycles. The highest BCUT2D eigenvalue weighted by Crippen LogP contribution is 2.26. The quantitative estimate of drug-likeness (QED) is 0.263. The van der Waals surface area contributed by atoms with Crippen LogP contribution in [0.4, 0.5) is 11.4 Å². The number of rotatable bonds is 5. The van der Waals surface area contributed by atoms with Crippen molar-refractivity contribution in [3.63, 3.8) is 0 Å². The van der Waals surface area contributed by atoms with Gasteiger partial charge in [0, 0.05) is 27.7 Å². The van der Waals surface area contributed by atoms with Gasteiger partial charge in [0.05, 0.1) is 17.6 Å². The third kappa shape index (κ3) is 4.10. The van der Waals surface area contributed by atoms with E-state index in [1.54, 1.807) is 0 Å². The lowest BCUT2D eigenvalue weighted by Gasteiger charge is -2.19. The molecule has 0 N–H and O–H groups in total. The van der Waals surface area contributed by atoms with Crippen LogP contribution in [0.1, 0.15) is 17.0 Å². The van der Waals surface area contributed by atoms with Gasteiger partial charge in [0.2, 0.25) is 0 Å². The van der Waals surface area contributed by atoms with Crippen molar-refractivity contribution >= 4 is 29.2 Å². The largest absolute Gasteiger partial charge is 0.318 e. The number of aryl methyl sites for hydroxylation is 1. The van der Waals surface area contributed by atoms with Gasteiger partial charge < -0.3 is 4.57 Å². The Morgan fingerprint density at radius 2 is 1.34 bits per heavy atom. The van der Waals surface area contributed by atoms with E-state index in [2.05, 4.69) is 48.7 Å². The van der Waals surface area contributed by atoms with Crippen molar-refractivity contribution in [2.75, 3.05) is 5.01 Å². The van der Waals surface area contributed by atoms with Crippen LogP contribution in [0, 0.1) is 13.8 Å². The number of hydrazone groups is 1. The van der Waals surface area contributed by atoms with Crippen molar-refractivity contribution in [1.29, 1.82) is 0 Å². The Bertz CT molecular complexity index is 1070. The van der Waals surface area contributed by atoms with Crippen LogP contribution in [0.3, 0.4) is 0 Å². The molecule has 0 atom stereocenters. The molecule has 0 fully saturated rings. The molecule has 29 heavy (non-hydrogen) atoms. The zero-order chi connectivity index (χ0) is 20.2. The molecule has 0 saturated heterocycles. The van der Waals surface area contributed by atoms with E-state index < -0.39 is 0 Å². The molecule has 0 aliphatic rings. The predicted molar refractivity (Wildman–Crippen MR) is 123 cm³/mol. The van der Waals surface area contributed by atoms with E-state index in [-0.39, 0.29) is 0 Å². The van der Waals surface area contributed by atoms with Crippen LogP contribution in [0.5, 0.6) is 0 Å². The second kappa shape index (κ2) is 8.38.